The standard InChI is InChI=1S/C29H17N2O.C15H18NSi.Ir/c1-2-11-20-19(9-1)10-7-17-25(20)31-26-16-5-4-15-24(26)30-29(31)23-14-8-13-22-21-12-3-6-18-27(21)32-28(22)23;1-12-10-14(13-8-6-5-7-9-13)16-11-15(12)17(2,3)4;/h1-13,15-18H;5-8,10-11H,1-4H3;/q2*-1;. The number of pyridine rings is 1. The summed E-state index contributed by atoms with van der Waals surface area (Å²) < 4.78 is 8.56. The van der Waals surface area contributed by atoms with Gasteiger partial charge in [-0.3, -0.25) is 4.98 Å². The fourth-order valence-electron chi connectivity index (χ4n) is 6.74. The second kappa shape index (κ2) is 13.6. The van der Waals surface area contributed by atoms with Gasteiger partial charge in [-0.25, -0.2) is 0 Å². The van der Waals surface area contributed by atoms with Crippen LogP contribution in [0, 0.1) is 19.1 Å². The van der Waals surface area contributed by atoms with Crippen molar-refractivity contribution in [1.82, 2.24) is 14.5 Å². The molecule has 0 unspecified atom stereocenters. The van der Waals surface area contributed by atoms with Crippen LogP contribution in [0.5, 0.6) is 0 Å². The minimum absolute atomic E-state index is 0. The van der Waals surface area contributed by atoms with Gasteiger partial charge in [0, 0.05) is 42.8 Å². The first-order chi connectivity index (χ1) is 23.9. The molecule has 0 amide bonds. The second-order valence-corrected chi connectivity index (χ2v) is 18.4. The Kier molecular flexibility index (Phi) is 9.10. The SMILES string of the molecule is Cc1cc(-c2[c-]cccc2)ncc1[Si](C)(C)C.[Ir].[c-]1ccc2c(oc3ccccc32)c1-c1nc2ccccc2n1-c1cccc2ccccc12. The van der Waals surface area contributed by atoms with Crippen LogP contribution in [0.3, 0.4) is 0 Å². The minimum atomic E-state index is -1.27. The Morgan fingerprint density at radius 3 is 2.24 bits per heavy atom. The van der Waals surface area contributed by atoms with Crippen molar-refractivity contribution in [2.24, 2.45) is 0 Å². The van der Waals surface area contributed by atoms with Gasteiger partial charge in [-0.05, 0) is 47.5 Å². The predicted octanol–water partition coefficient (Wildman–Crippen LogP) is 10.9. The third kappa shape index (κ3) is 6.11. The van der Waals surface area contributed by atoms with E-state index in [1.165, 1.54) is 21.5 Å². The van der Waals surface area contributed by atoms with Crippen LogP contribution in [0.2, 0.25) is 19.6 Å². The fraction of sp³-hybridized carbons (Fsp3) is 0.0909. The van der Waals surface area contributed by atoms with E-state index in [0.717, 1.165) is 61.3 Å². The molecule has 6 aromatic carbocycles. The maximum atomic E-state index is 6.33. The third-order valence-corrected chi connectivity index (χ3v) is 11.2. The number of para-hydroxylation sites is 3. The van der Waals surface area contributed by atoms with Crippen molar-refractivity contribution < 1.29 is 24.5 Å². The zero-order chi connectivity index (χ0) is 33.5. The van der Waals surface area contributed by atoms with Crippen LogP contribution < -0.4 is 5.19 Å². The molecule has 0 aliphatic rings. The Bertz CT molecular complexity index is 2610. The number of fused-ring (bicyclic) bond motifs is 5. The molecule has 3 aromatic heterocycles. The van der Waals surface area contributed by atoms with E-state index >= 15 is 0 Å². The van der Waals surface area contributed by atoms with Crippen molar-refractivity contribution in [3.63, 3.8) is 0 Å². The van der Waals surface area contributed by atoms with E-state index in [-0.39, 0.29) is 20.1 Å². The van der Waals surface area contributed by atoms with Gasteiger partial charge in [0.1, 0.15) is 5.58 Å². The fourth-order valence-corrected chi connectivity index (χ4v) is 8.45. The van der Waals surface area contributed by atoms with Gasteiger partial charge in [-0.2, -0.15) is 0 Å². The molecule has 0 saturated heterocycles. The number of benzene rings is 6. The van der Waals surface area contributed by atoms with E-state index in [2.05, 4.69) is 139 Å². The molecule has 1 radical (unpaired) electrons. The van der Waals surface area contributed by atoms with Crippen molar-refractivity contribution >= 4 is 57.0 Å². The average molecular weight is 842 g/mol. The first kappa shape index (κ1) is 33.4. The topological polar surface area (TPSA) is 43.9 Å². The van der Waals surface area contributed by atoms with Crippen LogP contribution >= 0.6 is 0 Å². The largest absolute Gasteiger partial charge is 0.501 e. The Morgan fingerprint density at radius 1 is 0.700 bits per heavy atom. The Balaban J connectivity index is 0.000000186. The molecular weight excluding hydrogens is 807 g/mol. The van der Waals surface area contributed by atoms with Gasteiger partial charge in [0.25, 0.3) is 0 Å². The molecule has 0 atom stereocenters. The number of hydrogen-bond donors (Lipinski definition) is 0. The van der Waals surface area contributed by atoms with Crippen LogP contribution in [0.15, 0.2) is 144 Å². The summed E-state index contributed by atoms with van der Waals surface area (Å²) in [5, 5.41) is 5.99. The van der Waals surface area contributed by atoms with Crippen LogP contribution in [0.25, 0.3) is 72.1 Å². The normalized spacial score (nSPS) is 11.4. The van der Waals surface area contributed by atoms with Crippen LogP contribution in [0.4, 0.5) is 0 Å². The first-order valence-electron chi connectivity index (χ1n) is 16.6. The summed E-state index contributed by atoms with van der Waals surface area (Å²) in [6.45, 7) is 9.24. The summed E-state index contributed by atoms with van der Waals surface area (Å²) in [5.41, 5.74) is 9.07. The molecule has 50 heavy (non-hydrogen) atoms. The summed E-state index contributed by atoms with van der Waals surface area (Å²) in [4.78, 5) is 9.64. The third-order valence-electron chi connectivity index (χ3n) is 9.03. The van der Waals surface area contributed by atoms with Crippen molar-refractivity contribution in [2.45, 2.75) is 26.6 Å². The predicted molar refractivity (Wildman–Crippen MR) is 206 cm³/mol. The second-order valence-electron chi connectivity index (χ2n) is 13.4. The molecule has 0 aliphatic carbocycles. The van der Waals surface area contributed by atoms with Crippen molar-refractivity contribution in [2.75, 3.05) is 0 Å². The number of furan rings is 1. The zero-order valence-corrected chi connectivity index (χ0v) is 31.8. The van der Waals surface area contributed by atoms with Gasteiger partial charge in [0.2, 0.25) is 0 Å². The van der Waals surface area contributed by atoms with E-state index in [9.17, 15) is 0 Å². The number of aryl methyl sites for hydroxylation is 1. The molecule has 0 aliphatic heterocycles. The maximum absolute atomic E-state index is 6.33. The molecule has 6 heteroatoms. The molecule has 3 heterocycles. The quantitative estimate of drug-likeness (QED) is 0.131. The molecular formula is C44H35IrN3OSi-2. The van der Waals surface area contributed by atoms with Crippen molar-refractivity contribution in [3.8, 4) is 28.3 Å². The number of nitrogens with zero attached hydrogens (tertiary/aromatic N) is 3. The smallest absolute Gasteiger partial charge is 0.120 e. The van der Waals surface area contributed by atoms with Crippen LogP contribution in [-0.4, -0.2) is 22.6 Å². The van der Waals surface area contributed by atoms with E-state index in [1.807, 2.05) is 48.5 Å². The molecule has 4 nitrogen and oxygen atoms in total. The molecule has 0 N–H and O–H groups in total. The van der Waals surface area contributed by atoms with Gasteiger partial charge in [0.05, 0.1) is 30.5 Å². The summed E-state index contributed by atoms with van der Waals surface area (Å²) >= 11 is 0. The Hall–Kier alpha value is -5.13. The molecule has 9 rings (SSSR count). The van der Waals surface area contributed by atoms with Crippen molar-refractivity contribution in [3.05, 3.63) is 157 Å². The van der Waals surface area contributed by atoms with E-state index in [1.54, 1.807) is 0 Å². The summed E-state index contributed by atoms with van der Waals surface area (Å²) in [6.07, 6.45) is 2.05. The monoisotopic (exact) mass is 842 g/mol. The van der Waals surface area contributed by atoms with Crippen molar-refractivity contribution in [1.29, 1.82) is 0 Å². The van der Waals surface area contributed by atoms with Gasteiger partial charge in [-0.1, -0.05) is 109 Å². The zero-order valence-electron chi connectivity index (χ0n) is 28.4. The average Bonchev–Trinajstić information content (AvgIpc) is 3.70. The van der Waals surface area contributed by atoms with E-state index < -0.39 is 8.07 Å². The Labute approximate surface area is 306 Å². The number of rotatable bonds is 4. The number of hydrogen-bond acceptors (Lipinski definition) is 3. The number of imidazole rings is 1. The van der Waals surface area contributed by atoms with Gasteiger partial charge in [0.15, 0.2) is 0 Å². The molecule has 0 bridgehead atoms. The van der Waals surface area contributed by atoms with E-state index in [4.69, 9.17) is 9.40 Å². The van der Waals surface area contributed by atoms with Crippen LogP contribution in [0.1, 0.15) is 5.56 Å². The molecule has 247 valence electrons. The summed E-state index contributed by atoms with van der Waals surface area (Å²) in [6, 6.07) is 52.1. The summed E-state index contributed by atoms with van der Waals surface area (Å²) in [5.74, 6) is 0.826. The molecule has 9 aromatic rings. The van der Waals surface area contributed by atoms with Crippen LogP contribution in [-0.2, 0) is 20.1 Å². The maximum Gasteiger partial charge on any atom is 0.120 e. The van der Waals surface area contributed by atoms with Gasteiger partial charge < -0.3 is 14.0 Å². The van der Waals surface area contributed by atoms with Gasteiger partial charge >= 0.3 is 0 Å². The molecule has 0 saturated carbocycles. The summed E-state index contributed by atoms with van der Waals surface area (Å²) in [7, 11) is -1.27. The number of aromatic nitrogens is 3. The molecule has 0 fully saturated rings. The van der Waals surface area contributed by atoms with Gasteiger partial charge in [-0.15, -0.1) is 54.1 Å². The Morgan fingerprint density at radius 2 is 1.44 bits per heavy atom. The first-order valence-corrected chi connectivity index (χ1v) is 20.1. The van der Waals surface area contributed by atoms with E-state index in [0.29, 0.717) is 0 Å². The minimum Gasteiger partial charge on any atom is -0.501 e. The molecule has 0 spiro atoms.